The number of thiazole rings is 1. The number of carbonyl (C=O) groups excluding carboxylic acids is 1. The summed E-state index contributed by atoms with van der Waals surface area (Å²) < 4.78 is 42.5. The average Bonchev–Trinajstić information content (AvgIpc) is 3.12. The van der Waals surface area contributed by atoms with Gasteiger partial charge in [-0.3, -0.25) is 4.79 Å². The average molecular weight is 481 g/mol. The molecule has 0 saturated heterocycles. The summed E-state index contributed by atoms with van der Waals surface area (Å²) in [6.07, 6.45) is -4.64. The summed E-state index contributed by atoms with van der Waals surface area (Å²) in [4.78, 5) is 16.7. The number of carbonyl (C=O) groups is 1. The fourth-order valence-electron chi connectivity index (χ4n) is 2.80. The third kappa shape index (κ3) is 4.79. The van der Waals surface area contributed by atoms with Crippen LogP contribution in [0.15, 0.2) is 69.9 Å². The minimum atomic E-state index is -4.64. The molecule has 0 radical (unpaired) electrons. The number of rotatable bonds is 4. The molecule has 4 rings (SSSR count). The first-order valence-electron chi connectivity index (χ1n) is 8.75. The summed E-state index contributed by atoms with van der Waals surface area (Å²) in [5.74, 6) is -1.11. The molecule has 0 spiro atoms. The summed E-state index contributed by atoms with van der Waals surface area (Å²) in [6, 6.07) is 14.7. The van der Waals surface area contributed by atoms with E-state index >= 15 is 0 Å². The Morgan fingerprint density at radius 3 is 2.61 bits per heavy atom. The highest BCUT2D eigenvalue weighted by molar-refractivity contribution is 8.01. The number of halogens is 4. The fraction of sp³-hybridized carbons (Fsp3) is 0.0476. The number of para-hydroxylation sites is 1. The van der Waals surface area contributed by atoms with E-state index in [1.807, 2.05) is 18.2 Å². The second-order valence-electron chi connectivity index (χ2n) is 6.37. The predicted molar refractivity (Wildman–Crippen MR) is 116 cm³/mol. The van der Waals surface area contributed by atoms with Gasteiger partial charge in [0.25, 0.3) is 5.91 Å². The van der Waals surface area contributed by atoms with E-state index in [0.717, 1.165) is 22.5 Å². The van der Waals surface area contributed by atoms with Crippen LogP contribution in [0.1, 0.15) is 15.9 Å². The van der Waals surface area contributed by atoms with Crippen LogP contribution in [0.4, 0.5) is 18.9 Å². The fourth-order valence-corrected chi connectivity index (χ4v) is 5.12. The van der Waals surface area contributed by atoms with Gasteiger partial charge in [-0.15, -0.1) is 11.3 Å². The van der Waals surface area contributed by atoms with Crippen LogP contribution in [0.2, 0.25) is 5.02 Å². The highest BCUT2D eigenvalue weighted by atomic mass is 35.5. The molecule has 0 aliphatic rings. The smallest absolute Gasteiger partial charge is 0.417 e. The summed E-state index contributed by atoms with van der Waals surface area (Å²) in [5, 5.41) is 12.4. The van der Waals surface area contributed by atoms with Crippen LogP contribution in [0.25, 0.3) is 10.2 Å². The largest absolute Gasteiger partial charge is 0.507 e. The summed E-state index contributed by atoms with van der Waals surface area (Å²) >= 11 is 8.04. The van der Waals surface area contributed by atoms with Crippen LogP contribution in [0, 0.1) is 0 Å². The molecule has 0 aliphatic carbocycles. The maximum absolute atomic E-state index is 13.7. The molecule has 0 unspecified atom stereocenters. The lowest BCUT2D eigenvalue weighted by Gasteiger charge is -2.14. The van der Waals surface area contributed by atoms with E-state index in [4.69, 9.17) is 11.6 Å². The zero-order chi connectivity index (χ0) is 22.2. The number of amides is 1. The third-order valence-electron chi connectivity index (χ3n) is 4.22. The highest BCUT2D eigenvalue weighted by Crippen LogP contribution is 2.42. The van der Waals surface area contributed by atoms with Crippen molar-refractivity contribution < 1.29 is 23.1 Å². The lowest BCUT2D eigenvalue weighted by molar-refractivity contribution is -0.139. The van der Waals surface area contributed by atoms with Gasteiger partial charge < -0.3 is 10.4 Å². The Kier molecular flexibility index (Phi) is 5.83. The number of anilines is 1. The van der Waals surface area contributed by atoms with E-state index in [1.54, 1.807) is 6.07 Å². The van der Waals surface area contributed by atoms with E-state index in [-0.39, 0.29) is 26.9 Å². The summed E-state index contributed by atoms with van der Waals surface area (Å²) in [5.41, 5.74) is -0.391. The SMILES string of the molecule is O=C(Nc1ccc(Sc2nc3ccccc3s2)c(C(F)(F)F)c1)c1cc(Cl)ccc1O. The molecule has 4 nitrogen and oxygen atoms in total. The third-order valence-corrected chi connectivity index (χ3v) is 6.63. The van der Waals surface area contributed by atoms with Gasteiger partial charge in [0.05, 0.1) is 21.3 Å². The van der Waals surface area contributed by atoms with Crippen molar-refractivity contribution in [2.75, 3.05) is 5.32 Å². The molecule has 1 amide bonds. The van der Waals surface area contributed by atoms with Gasteiger partial charge in [-0.1, -0.05) is 35.5 Å². The van der Waals surface area contributed by atoms with Crippen LogP contribution in [0.5, 0.6) is 5.75 Å². The van der Waals surface area contributed by atoms with Crippen molar-refractivity contribution in [3.63, 3.8) is 0 Å². The Labute approximate surface area is 187 Å². The molecular formula is C21H12ClF3N2O2S2. The minimum Gasteiger partial charge on any atom is -0.507 e. The van der Waals surface area contributed by atoms with Gasteiger partial charge in [0.2, 0.25) is 0 Å². The van der Waals surface area contributed by atoms with Crippen molar-refractivity contribution in [1.29, 1.82) is 0 Å². The molecule has 1 heterocycles. The zero-order valence-corrected chi connectivity index (χ0v) is 17.8. The number of hydrogen-bond acceptors (Lipinski definition) is 5. The monoisotopic (exact) mass is 480 g/mol. The van der Waals surface area contributed by atoms with Crippen LogP contribution in [-0.4, -0.2) is 16.0 Å². The van der Waals surface area contributed by atoms with Crippen LogP contribution >= 0.6 is 34.7 Å². The summed E-state index contributed by atoms with van der Waals surface area (Å²) in [6.45, 7) is 0. The van der Waals surface area contributed by atoms with E-state index in [2.05, 4.69) is 10.3 Å². The molecule has 31 heavy (non-hydrogen) atoms. The first kappa shape index (κ1) is 21.5. The number of fused-ring (bicyclic) bond motifs is 1. The Hall–Kier alpha value is -2.75. The number of nitrogens with zero attached hydrogens (tertiary/aromatic N) is 1. The van der Waals surface area contributed by atoms with Gasteiger partial charge in [-0.25, -0.2) is 4.98 Å². The number of alkyl halides is 3. The molecule has 0 bridgehead atoms. The first-order valence-corrected chi connectivity index (χ1v) is 10.8. The van der Waals surface area contributed by atoms with Crippen molar-refractivity contribution in [2.45, 2.75) is 15.4 Å². The van der Waals surface area contributed by atoms with Gasteiger partial charge >= 0.3 is 6.18 Å². The number of aromatic hydroxyl groups is 1. The van der Waals surface area contributed by atoms with Crippen molar-refractivity contribution in [1.82, 2.24) is 4.98 Å². The van der Waals surface area contributed by atoms with Gasteiger partial charge in [-0.2, -0.15) is 13.2 Å². The van der Waals surface area contributed by atoms with E-state index < -0.39 is 17.6 Å². The van der Waals surface area contributed by atoms with Crippen LogP contribution in [-0.2, 0) is 6.18 Å². The van der Waals surface area contributed by atoms with Crippen LogP contribution in [0.3, 0.4) is 0 Å². The highest BCUT2D eigenvalue weighted by Gasteiger charge is 2.34. The molecule has 3 aromatic carbocycles. The van der Waals surface area contributed by atoms with Gasteiger partial charge in [0, 0.05) is 15.6 Å². The maximum atomic E-state index is 13.7. The molecule has 0 fully saturated rings. The number of hydrogen-bond donors (Lipinski definition) is 2. The lowest BCUT2D eigenvalue weighted by atomic mass is 10.1. The molecule has 2 N–H and O–H groups in total. The summed E-state index contributed by atoms with van der Waals surface area (Å²) in [7, 11) is 0. The molecule has 10 heteroatoms. The Bertz CT molecular complexity index is 1260. The lowest BCUT2D eigenvalue weighted by Crippen LogP contribution is -2.14. The molecule has 0 atom stereocenters. The second kappa shape index (κ2) is 8.41. The standard InChI is InChI=1S/C21H12ClF3N2O2S2/c22-11-5-7-16(28)13(9-11)19(29)26-12-6-8-17(14(10-12)21(23,24)25)30-20-27-15-3-1-2-4-18(15)31-20/h1-10,28H,(H,26,29). The molecule has 0 aliphatic heterocycles. The van der Waals surface area contributed by atoms with Crippen LogP contribution < -0.4 is 5.32 Å². The maximum Gasteiger partial charge on any atom is 0.417 e. The van der Waals surface area contributed by atoms with Gasteiger partial charge in [0.15, 0.2) is 4.34 Å². The number of phenolic OH excluding ortho intramolecular Hbond substituents is 1. The van der Waals surface area contributed by atoms with Gasteiger partial charge in [0.1, 0.15) is 5.75 Å². The quantitative estimate of drug-likeness (QED) is 0.327. The zero-order valence-electron chi connectivity index (χ0n) is 15.4. The second-order valence-corrected chi connectivity index (χ2v) is 9.13. The molecule has 0 saturated carbocycles. The topological polar surface area (TPSA) is 62.2 Å². The number of aromatic nitrogens is 1. The van der Waals surface area contributed by atoms with E-state index in [0.29, 0.717) is 9.86 Å². The number of benzene rings is 3. The van der Waals surface area contributed by atoms with Crippen molar-refractivity contribution in [2.24, 2.45) is 0 Å². The number of nitrogens with one attached hydrogen (secondary N) is 1. The number of phenols is 1. The molecule has 4 aromatic rings. The predicted octanol–water partition coefficient (Wildman–Crippen LogP) is 7.08. The Morgan fingerprint density at radius 1 is 1.10 bits per heavy atom. The Balaban J connectivity index is 1.64. The van der Waals surface area contributed by atoms with Crippen molar-refractivity contribution in [3.05, 3.63) is 76.8 Å². The molecular weight excluding hydrogens is 469 g/mol. The molecule has 1 aromatic heterocycles. The van der Waals surface area contributed by atoms with Crippen molar-refractivity contribution in [3.8, 4) is 5.75 Å². The Morgan fingerprint density at radius 2 is 1.87 bits per heavy atom. The first-order chi connectivity index (χ1) is 14.7. The normalized spacial score (nSPS) is 11.6. The van der Waals surface area contributed by atoms with E-state index in [1.165, 1.54) is 41.7 Å². The molecule has 158 valence electrons. The van der Waals surface area contributed by atoms with E-state index in [9.17, 15) is 23.1 Å². The van der Waals surface area contributed by atoms with Crippen molar-refractivity contribution >= 4 is 56.5 Å². The van der Waals surface area contributed by atoms with Gasteiger partial charge in [-0.05, 0) is 48.5 Å². The minimum absolute atomic E-state index is 0.0323.